The molecule has 4 rings (SSSR count). The molecule has 106 valence electrons. The molecule has 1 aliphatic rings. The van der Waals surface area contributed by atoms with E-state index in [0.717, 1.165) is 13.1 Å². The normalized spacial score (nSPS) is 22.4. The number of para-hydroxylation sites is 1. The van der Waals surface area contributed by atoms with Crippen molar-refractivity contribution in [2.45, 2.75) is 18.9 Å². The number of nitrogens with one attached hydrogen (secondary N) is 1. The number of likely N-dealkylation sites (N-methyl/N-ethyl adjacent to an activating group) is 1. The van der Waals surface area contributed by atoms with Crippen LogP contribution in [0.4, 0.5) is 0 Å². The van der Waals surface area contributed by atoms with Crippen LogP contribution >= 0.6 is 0 Å². The van der Waals surface area contributed by atoms with Crippen molar-refractivity contribution in [3.05, 3.63) is 71.4 Å². The number of fused-ring (bicyclic) bond motifs is 2. The first-order valence-corrected chi connectivity index (χ1v) is 7.52. The molecule has 2 heteroatoms. The predicted octanol–water partition coefficient (Wildman–Crippen LogP) is 3.92. The second kappa shape index (κ2) is 4.47. The highest BCUT2D eigenvalue weighted by atomic mass is 15.1. The second-order valence-corrected chi connectivity index (χ2v) is 6.43. The van der Waals surface area contributed by atoms with Crippen LogP contribution in [0.1, 0.15) is 23.7 Å². The number of aromatic nitrogens is 1. The highest BCUT2D eigenvalue weighted by molar-refractivity contribution is 5.81. The third kappa shape index (κ3) is 1.90. The van der Waals surface area contributed by atoms with Crippen molar-refractivity contribution in [2.75, 3.05) is 13.6 Å². The van der Waals surface area contributed by atoms with Crippen molar-refractivity contribution >= 4 is 10.9 Å². The van der Waals surface area contributed by atoms with Gasteiger partial charge < -0.3 is 9.88 Å². The number of H-pyrrole nitrogens is 1. The molecule has 2 aromatic carbocycles. The standard InChI is InChI=1S/C19H20N2/c1-19(18-11-14-7-4-6-10-17(14)20-18)13-21(2)12-15-8-3-5-9-16(15)19/h3-11,20H,12-13H2,1-2H3. The minimum atomic E-state index is 0.0165. The number of aromatic amines is 1. The summed E-state index contributed by atoms with van der Waals surface area (Å²) in [7, 11) is 2.21. The molecule has 1 aliphatic heterocycles. The molecule has 0 radical (unpaired) electrons. The van der Waals surface area contributed by atoms with Gasteiger partial charge in [-0.25, -0.2) is 0 Å². The van der Waals surface area contributed by atoms with Crippen molar-refractivity contribution in [2.24, 2.45) is 0 Å². The van der Waals surface area contributed by atoms with Crippen LogP contribution in [0.5, 0.6) is 0 Å². The Balaban J connectivity index is 1.93. The first kappa shape index (κ1) is 12.7. The number of rotatable bonds is 1. The van der Waals surface area contributed by atoms with Crippen molar-refractivity contribution in [3.8, 4) is 0 Å². The van der Waals surface area contributed by atoms with Crippen LogP contribution in [0.25, 0.3) is 10.9 Å². The topological polar surface area (TPSA) is 19.0 Å². The van der Waals surface area contributed by atoms with E-state index in [4.69, 9.17) is 0 Å². The van der Waals surface area contributed by atoms with Crippen LogP contribution in [0, 0.1) is 0 Å². The number of hydrogen-bond acceptors (Lipinski definition) is 1. The summed E-state index contributed by atoms with van der Waals surface area (Å²) in [5.74, 6) is 0. The lowest BCUT2D eigenvalue weighted by molar-refractivity contribution is 0.246. The zero-order valence-corrected chi connectivity index (χ0v) is 12.6. The van der Waals surface area contributed by atoms with E-state index in [1.54, 1.807) is 0 Å². The van der Waals surface area contributed by atoms with Gasteiger partial charge in [0.25, 0.3) is 0 Å². The molecule has 1 unspecified atom stereocenters. The summed E-state index contributed by atoms with van der Waals surface area (Å²) in [5.41, 5.74) is 5.44. The van der Waals surface area contributed by atoms with Gasteiger partial charge in [-0.05, 0) is 42.6 Å². The van der Waals surface area contributed by atoms with E-state index in [2.05, 4.69) is 78.5 Å². The minimum Gasteiger partial charge on any atom is -0.358 e. The zero-order valence-electron chi connectivity index (χ0n) is 12.6. The number of hydrogen-bond donors (Lipinski definition) is 1. The molecular formula is C19H20N2. The Labute approximate surface area is 125 Å². The summed E-state index contributed by atoms with van der Waals surface area (Å²) in [5, 5.41) is 1.29. The Morgan fingerprint density at radius 3 is 2.67 bits per heavy atom. The Bertz CT molecular complexity index is 769. The van der Waals surface area contributed by atoms with Gasteiger partial charge in [0.2, 0.25) is 0 Å². The lowest BCUT2D eigenvalue weighted by Gasteiger charge is -2.40. The maximum absolute atomic E-state index is 3.64. The van der Waals surface area contributed by atoms with Gasteiger partial charge in [0.15, 0.2) is 0 Å². The molecule has 0 spiro atoms. The van der Waals surface area contributed by atoms with E-state index < -0.39 is 0 Å². The van der Waals surface area contributed by atoms with Crippen LogP contribution in [-0.4, -0.2) is 23.5 Å². The zero-order chi connectivity index (χ0) is 14.4. The molecule has 2 heterocycles. The maximum atomic E-state index is 3.64. The Kier molecular flexibility index (Phi) is 2.69. The van der Waals surface area contributed by atoms with Gasteiger partial charge in [0.1, 0.15) is 0 Å². The summed E-state index contributed by atoms with van der Waals surface area (Å²) < 4.78 is 0. The van der Waals surface area contributed by atoms with Crippen LogP contribution in [-0.2, 0) is 12.0 Å². The SMILES string of the molecule is CN1Cc2ccccc2C(C)(c2cc3ccccc3[nH]2)C1. The Morgan fingerprint density at radius 2 is 1.81 bits per heavy atom. The largest absolute Gasteiger partial charge is 0.358 e. The fourth-order valence-corrected chi connectivity index (χ4v) is 3.77. The van der Waals surface area contributed by atoms with E-state index in [1.165, 1.54) is 27.7 Å². The van der Waals surface area contributed by atoms with E-state index in [-0.39, 0.29) is 5.41 Å². The van der Waals surface area contributed by atoms with Gasteiger partial charge in [0.05, 0.1) is 0 Å². The van der Waals surface area contributed by atoms with Crippen molar-refractivity contribution < 1.29 is 0 Å². The first-order chi connectivity index (χ1) is 10.2. The molecule has 0 amide bonds. The van der Waals surface area contributed by atoms with Crippen LogP contribution in [0.3, 0.4) is 0 Å². The summed E-state index contributed by atoms with van der Waals surface area (Å²) in [6.07, 6.45) is 0. The quantitative estimate of drug-likeness (QED) is 0.714. The summed E-state index contributed by atoms with van der Waals surface area (Å²) in [6, 6.07) is 19.7. The minimum absolute atomic E-state index is 0.0165. The Hall–Kier alpha value is -2.06. The summed E-state index contributed by atoms with van der Waals surface area (Å²) in [4.78, 5) is 6.05. The van der Waals surface area contributed by atoms with Gasteiger partial charge >= 0.3 is 0 Å². The van der Waals surface area contributed by atoms with Crippen LogP contribution < -0.4 is 0 Å². The van der Waals surface area contributed by atoms with Crippen LogP contribution in [0.2, 0.25) is 0 Å². The number of nitrogens with zero attached hydrogens (tertiary/aromatic N) is 1. The lowest BCUT2D eigenvalue weighted by Crippen LogP contribution is -2.43. The van der Waals surface area contributed by atoms with E-state index in [1.807, 2.05) is 0 Å². The molecule has 0 fully saturated rings. The molecular weight excluding hydrogens is 256 g/mol. The van der Waals surface area contributed by atoms with Gasteiger partial charge in [-0.1, -0.05) is 42.5 Å². The molecule has 1 atom stereocenters. The van der Waals surface area contributed by atoms with E-state index in [9.17, 15) is 0 Å². The van der Waals surface area contributed by atoms with Gasteiger partial charge in [-0.15, -0.1) is 0 Å². The van der Waals surface area contributed by atoms with Crippen molar-refractivity contribution in [3.63, 3.8) is 0 Å². The molecule has 0 saturated heterocycles. The van der Waals surface area contributed by atoms with Gasteiger partial charge in [-0.3, -0.25) is 0 Å². The first-order valence-electron chi connectivity index (χ1n) is 7.52. The number of benzene rings is 2. The highest BCUT2D eigenvalue weighted by Gasteiger charge is 2.36. The molecule has 2 nitrogen and oxygen atoms in total. The third-order valence-electron chi connectivity index (χ3n) is 4.76. The van der Waals surface area contributed by atoms with Crippen molar-refractivity contribution in [1.29, 1.82) is 0 Å². The fraction of sp³-hybridized carbons (Fsp3) is 0.263. The smallest absolute Gasteiger partial charge is 0.0456 e. The molecule has 0 bridgehead atoms. The molecule has 0 aliphatic carbocycles. The van der Waals surface area contributed by atoms with Gasteiger partial charge in [0, 0.05) is 29.7 Å². The lowest BCUT2D eigenvalue weighted by atomic mass is 9.74. The molecule has 0 saturated carbocycles. The second-order valence-electron chi connectivity index (χ2n) is 6.43. The van der Waals surface area contributed by atoms with Crippen molar-refractivity contribution in [1.82, 2.24) is 9.88 Å². The monoisotopic (exact) mass is 276 g/mol. The predicted molar refractivity (Wildman–Crippen MR) is 87.5 cm³/mol. The molecule has 3 aromatic rings. The average Bonchev–Trinajstić information content (AvgIpc) is 2.91. The third-order valence-corrected chi connectivity index (χ3v) is 4.76. The molecule has 21 heavy (non-hydrogen) atoms. The highest BCUT2D eigenvalue weighted by Crippen LogP contribution is 2.39. The van der Waals surface area contributed by atoms with E-state index >= 15 is 0 Å². The summed E-state index contributed by atoms with van der Waals surface area (Å²) in [6.45, 7) is 4.43. The molecule has 1 aromatic heterocycles. The fourth-order valence-electron chi connectivity index (χ4n) is 3.77. The van der Waals surface area contributed by atoms with E-state index in [0.29, 0.717) is 0 Å². The molecule has 1 N–H and O–H groups in total. The maximum Gasteiger partial charge on any atom is 0.0456 e. The van der Waals surface area contributed by atoms with Gasteiger partial charge in [-0.2, -0.15) is 0 Å². The summed E-state index contributed by atoms with van der Waals surface area (Å²) >= 11 is 0. The van der Waals surface area contributed by atoms with Crippen LogP contribution in [0.15, 0.2) is 54.6 Å². The Morgan fingerprint density at radius 1 is 1.05 bits per heavy atom. The average molecular weight is 276 g/mol.